The predicted molar refractivity (Wildman–Crippen MR) is 113 cm³/mol. The summed E-state index contributed by atoms with van der Waals surface area (Å²) in [6.45, 7) is 8.36. The number of hydrogen-bond acceptors (Lipinski definition) is 5. The molecule has 0 radical (unpaired) electrons. The summed E-state index contributed by atoms with van der Waals surface area (Å²) >= 11 is 0. The Kier molecular flexibility index (Phi) is 20.4. The molecule has 3 amide bonds. The number of nitrogens with two attached hydrogens (primary N) is 1. The normalized spacial score (nSPS) is 9.00. The number of amides is 3. The van der Waals surface area contributed by atoms with Gasteiger partial charge in [-0.15, -0.1) is 0 Å². The van der Waals surface area contributed by atoms with Crippen LogP contribution in [0.4, 0.5) is 10.5 Å². The van der Waals surface area contributed by atoms with Gasteiger partial charge in [0.2, 0.25) is 5.91 Å². The standard InChI is InChI=1S/C14H19N3O4.C4H11N.C2H6/c15-14(20)16-8-2-1-3-13(19)17-12-6-4-11(5-7-12)9-21-10-18;1-3-4-5-2;1-2/h4-7,10H,1-3,8-9H2,(H,17,19)(H3,15,16,20);5H,3-4H2,1-2H3;1-2H3. The molecular formula is C20H36N4O4. The number of hydrogen-bond donors (Lipinski definition) is 4. The molecule has 8 heteroatoms. The minimum absolute atomic E-state index is 0.0917. The van der Waals surface area contributed by atoms with Gasteiger partial charge in [-0.05, 0) is 50.6 Å². The lowest BCUT2D eigenvalue weighted by atomic mass is 10.2. The number of urea groups is 1. The Balaban J connectivity index is 0. The summed E-state index contributed by atoms with van der Waals surface area (Å²) in [5.74, 6) is -0.0917. The third-order valence-electron chi connectivity index (χ3n) is 3.19. The maximum atomic E-state index is 11.7. The summed E-state index contributed by atoms with van der Waals surface area (Å²) < 4.78 is 4.63. The van der Waals surface area contributed by atoms with Crippen molar-refractivity contribution in [3.8, 4) is 0 Å². The number of benzene rings is 1. The average molecular weight is 397 g/mol. The summed E-state index contributed by atoms with van der Waals surface area (Å²) in [4.78, 5) is 32.2. The molecule has 0 aliphatic carbocycles. The highest BCUT2D eigenvalue weighted by Crippen LogP contribution is 2.11. The zero-order chi connectivity index (χ0) is 21.6. The van der Waals surface area contributed by atoms with Gasteiger partial charge in [-0.25, -0.2) is 4.79 Å². The number of anilines is 1. The molecule has 1 aromatic carbocycles. The summed E-state index contributed by atoms with van der Waals surface area (Å²) in [5.41, 5.74) is 6.45. The number of carbonyl (C=O) groups excluding carboxylic acids is 3. The molecule has 0 fully saturated rings. The van der Waals surface area contributed by atoms with Gasteiger partial charge in [-0.2, -0.15) is 0 Å². The van der Waals surface area contributed by atoms with Crippen LogP contribution in [0.15, 0.2) is 24.3 Å². The Morgan fingerprint density at radius 1 is 1.11 bits per heavy atom. The van der Waals surface area contributed by atoms with Crippen molar-refractivity contribution in [2.45, 2.75) is 53.1 Å². The van der Waals surface area contributed by atoms with Crippen LogP contribution in [0.1, 0.15) is 52.0 Å². The molecule has 0 spiro atoms. The Labute approximate surface area is 168 Å². The van der Waals surface area contributed by atoms with Crippen molar-refractivity contribution in [3.05, 3.63) is 29.8 Å². The third-order valence-corrected chi connectivity index (χ3v) is 3.19. The lowest BCUT2D eigenvalue weighted by Gasteiger charge is -2.06. The van der Waals surface area contributed by atoms with Crippen LogP contribution in [0, 0.1) is 0 Å². The fourth-order valence-corrected chi connectivity index (χ4v) is 1.91. The zero-order valence-electron chi connectivity index (χ0n) is 17.5. The van der Waals surface area contributed by atoms with Crippen LogP contribution in [0.2, 0.25) is 0 Å². The van der Waals surface area contributed by atoms with Crippen LogP contribution in [-0.2, 0) is 20.9 Å². The lowest BCUT2D eigenvalue weighted by molar-refractivity contribution is -0.129. The van der Waals surface area contributed by atoms with Crippen molar-refractivity contribution >= 4 is 24.1 Å². The van der Waals surface area contributed by atoms with Crippen LogP contribution in [0.5, 0.6) is 0 Å². The number of carbonyl (C=O) groups is 3. The molecule has 0 unspecified atom stereocenters. The van der Waals surface area contributed by atoms with Crippen LogP contribution in [0.3, 0.4) is 0 Å². The maximum absolute atomic E-state index is 11.7. The SMILES string of the molecule is CC.CCCNC.NC(=O)NCCCCC(=O)Nc1ccc(COC=O)cc1. The first kappa shape index (κ1) is 27.6. The van der Waals surface area contributed by atoms with E-state index in [4.69, 9.17) is 5.73 Å². The second-order valence-corrected chi connectivity index (χ2v) is 5.50. The second kappa shape index (κ2) is 20.7. The third kappa shape index (κ3) is 18.2. The molecule has 28 heavy (non-hydrogen) atoms. The Morgan fingerprint density at radius 2 is 1.75 bits per heavy atom. The molecule has 5 N–H and O–H groups in total. The summed E-state index contributed by atoms with van der Waals surface area (Å²) in [6, 6.07) is 6.48. The quantitative estimate of drug-likeness (QED) is 0.338. The van der Waals surface area contributed by atoms with Gasteiger partial charge in [0, 0.05) is 18.7 Å². The van der Waals surface area contributed by atoms with Crippen molar-refractivity contribution in [3.63, 3.8) is 0 Å². The van der Waals surface area contributed by atoms with Crippen LogP contribution in [0.25, 0.3) is 0 Å². The average Bonchev–Trinajstić information content (AvgIpc) is 2.69. The van der Waals surface area contributed by atoms with E-state index in [9.17, 15) is 14.4 Å². The van der Waals surface area contributed by atoms with E-state index in [-0.39, 0.29) is 12.5 Å². The van der Waals surface area contributed by atoms with Crippen molar-refractivity contribution in [1.82, 2.24) is 10.6 Å². The van der Waals surface area contributed by atoms with Crippen molar-refractivity contribution in [1.29, 1.82) is 0 Å². The van der Waals surface area contributed by atoms with Gasteiger partial charge >= 0.3 is 6.03 Å². The zero-order valence-corrected chi connectivity index (χ0v) is 17.5. The van der Waals surface area contributed by atoms with Crippen molar-refractivity contribution in [2.75, 3.05) is 25.5 Å². The van der Waals surface area contributed by atoms with E-state index in [1.54, 1.807) is 24.3 Å². The van der Waals surface area contributed by atoms with Gasteiger partial charge in [-0.3, -0.25) is 9.59 Å². The van der Waals surface area contributed by atoms with Gasteiger partial charge < -0.3 is 26.4 Å². The highest BCUT2D eigenvalue weighted by Gasteiger charge is 2.03. The molecule has 0 saturated heterocycles. The van der Waals surface area contributed by atoms with Gasteiger partial charge in [0.15, 0.2) is 0 Å². The maximum Gasteiger partial charge on any atom is 0.312 e. The Morgan fingerprint density at radius 3 is 2.21 bits per heavy atom. The van der Waals surface area contributed by atoms with Crippen LogP contribution >= 0.6 is 0 Å². The highest BCUT2D eigenvalue weighted by atomic mass is 16.5. The largest absolute Gasteiger partial charge is 0.463 e. The van der Waals surface area contributed by atoms with Crippen molar-refractivity contribution in [2.24, 2.45) is 5.73 Å². The van der Waals surface area contributed by atoms with E-state index < -0.39 is 6.03 Å². The van der Waals surface area contributed by atoms with Crippen LogP contribution in [-0.4, -0.2) is 38.5 Å². The molecule has 0 aliphatic rings. The minimum atomic E-state index is -0.557. The van der Waals surface area contributed by atoms with Crippen LogP contribution < -0.4 is 21.7 Å². The van der Waals surface area contributed by atoms with E-state index in [2.05, 4.69) is 27.6 Å². The topological polar surface area (TPSA) is 123 Å². The molecule has 0 saturated carbocycles. The molecule has 0 bridgehead atoms. The molecule has 0 heterocycles. The van der Waals surface area contributed by atoms with E-state index in [1.807, 2.05) is 20.9 Å². The van der Waals surface area contributed by atoms with Gasteiger partial charge in [0.05, 0.1) is 0 Å². The molecule has 0 atom stereocenters. The second-order valence-electron chi connectivity index (χ2n) is 5.50. The molecular weight excluding hydrogens is 360 g/mol. The molecule has 0 aliphatic heterocycles. The number of ether oxygens (including phenoxy) is 1. The lowest BCUT2D eigenvalue weighted by Crippen LogP contribution is -2.30. The molecule has 8 nitrogen and oxygen atoms in total. The first-order valence-electron chi connectivity index (χ1n) is 9.65. The van der Waals surface area contributed by atoms with E-state index in [0.717, 1.165) is 12.1 Å². The smallest absolute Gasteiger partial charge is 0.312 e. The first-order chi connectivity index (χ1) is 13.5. The van der Waals surface area contributed by atoms with Gasteiger partial charge in [0.25, 0.3) is 6.47 Å². The van der Waals surface area contributed by atoms with Crippen molar-refractivity contribution < 1.29 is 19.1 Å². The highest BCUT2D eigenvalue weighted by molar-refractivity contribution is 5.90. The number of primary amides is 1. The fraction of sp³-hybridized carbons (Fsp3) is 0.550. The molecule has 1 aromatic rings. The molecule has 1 rings (SSSR count). The summed E-state index contributed by atoms with van der Waals surface area (Å²) in [6.07, 6.45) is 2.96. The van der Waals surface area contributed by atoms with E-state index in [1.165, 1.54) is 6.42 Å². The number of unbranched alkanes of at least 4 members (excludes halogenated alkanes) is 1. The predicted octanol–water partition coefficient (Wildman–Crippen LogP) is 2.78. The monoisotopic (exact) mass is 396 g/mol. The minimum Gasteiger partial charge on any atom is -0.463 e. The summed E-state index contributed by atoms with van der Waals surface area (Å²) in [5, 5.41) is 8.24. The fourth-order valence-electron chi connectivity index (χ4n) is 1.91. The number of nitrogens with one attached hydrogen (secondary N) is 3. The first-order valence-corrected chi connectivity index (χ1v) is 9.65. The van der Waals surface area contributed by atoms with E-state index >= 15 is 0 Å². The Hall–Kier alpha value is -2.61. The van der Waals surface area contributed by atoms with E-state index in [0.29, 0.717) is 38.0 Å². The van der Waals surface area contributed by atoms with Gasteiger partial charge in [0.1, 0.15) is 6.61 Å². The molecule has 160 valence electrons. The molecule has 0 aromatic heterocycles. The van der Waals surface area contributed by atoms with Gasteiger partial charge in [-0.1, -0.05) is 32.9 Å². The summed E-state index contributed by atoms with van der Waals surface area (Å²) in [7, 11) is 1.96. The Bertz CT molecular complexity index is 519. The number of rotatable bonds is 11.